The standard InChI is InChI=1S/2C9H11NO2/c2*10-8(9(11)12)6-7-4-2-1-3-5-7/h2*1-5,8H,6,10H2,(H,11,12)/t8-;/m1./s1/i;6D2. The Morgan fingerprint density at radius 1 is 0.833 bits per heavy atom. The molecule has 2 rings (SSSR count). The summed E-state index contributed by atoms with van der Waals surface area (Å²) in [6.45, 7) is 0. The van der Waals surface area contributed by atoms with Gasteiger partial charge in [-0.25, -0.2) is 0 Å². The molecule has 1 unspecified atom stereocenters. The van der Waals surface area contributed by atoms with Crippen LogP contribution in [0.5, 0.6) is 0 Å². The van der Waals surface area contributed by atoms with Gasteiger partial charge in [0, 0.05) is 2.74 Å². The molecule has 0 saturated heterocycles. The summed E-state index contributed by atoms with van der Waals surface area (Å²) in [6.07, 6.45) is -1.66. The van der Waals surface area contributed by atoms with Crippen LogP contribution in [0, 0.1) is 0 Å². The fourth-order valence-corrected chi connectivity index (χ4v) is 1.73. The van der Waals surface area contributed by atoms with Crippen molar-refractivity contribution in [1.82, 2.24) is 0 Å². The van der Waals surface area contributed by atoms with Crippen LogP contribution in [0.1, 0.15) is 13.9 Å². The summed E-state index contributed by atoms with van der Waals surface area (Å²) in [5.41, 5.74) is 11.8. The smallest absolute Gasteiger partial charge is 0.320 e. The molecule has 0 heterocycles. The molecule has 6 nitrogen and oxygen atoms in total. The van der Waals surface area contributed by atoms with E-state index in [1.807, 2.05) is 30.3 Å². The van der Waals surface area contributed by atoms with Gasteiger partial charge in [-0.15, -0.1) is 0 Å². The Kier molecular flexibility index (Phi) is 6.83. The monoisotopic (exact) mass is 332 g/mol. The van der Waals surface area contributed by atoms with E-state index in [1.54, 1.807) is 18.2 Å². The van der Waals surface area contributed by atoms with Crippen molar-refractivity contribution < 1.29 is 22.5 Å². The Hall–Kier alpha value is -2.70. The predicted octanol–water partition coefficient (Wildman–Crippen LogP) is 1.28. The molecule has 2 aromatic rings. The topological polar surface area (TPSA) is 127 Å². The van der Waals surface area contributed by atoms with Gasteiger partial charge < -0.3 is 21.7 Å². The van der Waals surface area contributed by atoms with Crippen LogP contribution in [0.25, 0.3) is 0 Å². The van der Waals surface area contributed by atoms with Gasteiger partial charge in [-0.05, 0) is 23.9 Å². The first kappa shape index (κ1) is 16.2. The first-order chi connectivity index (χ1) is 12.2. The van der Waals surface area contributed by atoms with E-state index in [0.717, 1.165) is 5.56 Å². The van der Waals surface area contributed by atoms with Crippen molar-refractivity contribution in [3.05, 3.63) is 71.8 Å². The van der Waals surface area contributed by atoms with E-state index < -0.39 is 30.4 Å². The van der Waals surface area contributed by atoms with Crippen molar-refractivity contribution in [2.75, 3.05) is 0 Å². The highest BCUT2D eigenvalue weighted by Crippen LogP contribution is 2.02. The Bertz CT molecular complexity index is 712. The lowest BCUT2D eigenvalue weighted by Gasteiger charge is -2.04. The van der Waals surface area contributed by atoms with Crippen LogP contribution in [0.3, 0.4) is 0 Å². The zero-order valence-electron chi connectivity index (χ0n) is 15.0. The highest BCUT2D eigenvalue weighted by molar-refractivity contribution is 5.73. The van der Waals surface area contributed by atoms with E-state index in [2.05, 4.69) is 0 Å². The molecule has 0 amide bonds. The Balaban J connectivity index is 0.000000263. The fourth-order valence-electron chi connectivity index (χ4n) is 1.73. The number of carbonyl (C=O) groups is 2. The lowest BCUT2D eigenvalue weighted by Crippen LogP contribution is -2.32. The quantitative estimate of drug-likeness (QED) is 0.631. The SMILES string of the molecule is N[C@H](Cc1ccccc1)C(=O)O.[2H]C([2H])(c1ccccc1)C(N)C(=O)O. The molecular weight excluding hydrogens is 308 g/mol. The zero-order chi connectivity index (χ0) is 19.7. The second-order valence-corrected chi connectivity index (χ2v) is 4.96. The zero-order valence-corrected chi connectivity index (χ0v) is 13.0. The molecule has 0 aliphatic heterocycles. The van der Waals surface area contributed by atoms with E-state index in [1.165, 1.54) is 12.1 Å². The van der Waals surface area contributed by atoms with E-state index in [4.69, 9.17) is 24.4 Å². The largest absolute Gasteiger partial charge is 0.480 e. The summed E-state index contributed by atoms with van der Waals surface area (Å²) in [5, 5.41) is 17.1. The van der Waals surface area contributed by atoms with E-state index in [9.17, 15) is 9.59 Å². The summed E-state index contributed by atoms with van der Waals surface area (Å²) in [7, 11) is 0. The molecular formula is C18H22N2O4. The highest BCUT2D eigenvalue weighted by Gasteiger charge is 2.11. The lowest BCUT2D eigenvalue weighted by molar-refractivity contribution is -0.139. The third-order valence-electron chi connectivity index (χ3n) is 2.98. The molecule has 0 spiro atoms. The molecule has 6 N–H and O–H groups in total. The van der Waals surface area contributed by atoms with Crippen molar-refractivity contribution in [2.24, 2.45) is 11.5 Å². The van der Waals surface area contributed by atoms with Gasteiger partial charge in [0.25, 0.3) is 0 Å². The van der Waals surface area contributed by atoms with Gasteiger partial charge in [-0.2, -0.15) is 0 Å². The molecule has 0 radical (unpaired) electrons. The number of carboxylic acid groups (broad SMARTS) is 2. The average Bonchev–Trinajstić information content (AvgIpc) is 2.63. The van der Waals surface area contributed by atoms with Crippen LogP contribution >= 0.6 is 0 Å². The van der Waals surface area contributed by atoms with Crippen molar-refractivity contribution in [1.29, 1.82) is 0 Å². The van der Waals surface area contributed by atoms with Crippen molar-refractivity contribution in [3.63, 3.8) is 0 Å². The number of rotatable bonds is 6. The second-order valence-electron chi connectivity index (χ2n) is 4.96. The minimum absolute atomic E-state index is 0.273. The molecule has 2 atom stereocenters. The first-order valence-corrected chi connectivity index (χ1v) is 7.22. The number of aliphatic carboxylic acids is 2. The number of nitrogens with two attached hydrogens (primary N) is 2. The maximum Gasteiger partial charge on any atom is 0.320 e. The molecule has 0 saturated carbocycles. The van der Waals surface area contributed by atoms with E-state index in [-0.39, 0.29) is 5.56 Å². The third-order valence-corrected chi connectivity index (χ3v) is 2.98. The normalized spacial score (nSPS) is 14.2. The van der Waals surface area contributed by atoms with Crippen molar-refractivity contribution in [3.8, 4) is 0 Å². The van der Waals surface area contributed by atoms with Gasteiger partial charge >= 0.3 is 11.9 Å². The van der Waals surface area contributed by atoms with Crippen molar-refractivity contribution >= 4 is 11.9 Å². The summed E-state index contributed by atoms with van der Waals surface area (Å²) in [5.74, 6) is -2.31. The predicted molar refractivity (Wildman–Crippen MR) is 91.5 cm³/mol. The summed E-state index contributed by atoms with van der Waals surface area (Å²) in [6, 6.07) is 15.0. The maximum absolute atomic E-state index is 10.6. The van der Waals surface area contributed by atoms with Crippen LogP contribution in [0.15, 0.2) is 60.7 Å². The number of carboxylic acids is 2. The molecule has 128 valence electrons. The minimum Gasteiger partial charge on any atom is -0.480 e. The average molecular weight is 332 g/mol. The van der Waals surface area contributed by atoms with E-state index in [0.29, 0.717) is 6.42 Å². The highest BCUT2D eigenvalue weighted by atomic mass is 16.4. The summed E-state index contributed by atoms with van der Waals surface area (Å²) in [4.78, 5) is 20.9. The van der Waals surface area contributed by atoms with Crippen LogP contribution in [-0.4, -0.2) is 34.2 Å². The second kappa shape index (κ2) is 10.1. The molecule has 0 fully saturated rings. The molecule has 0 aliphatic carbocycles. The number of hydrogen-bond acceptors (Lipinski definition) is 4. The van der Waals surface area contributed by atoms with Gasteiger partial charge in [0.05, 0.1) is 0 Å². The number of benzene rings is 2. The summed E-state index contributed by atoms with van der Waals surface area (Å²) < 4.78 is 15.1. The Labute approximate surface area is 143 Å². The van der Waals surface area contributed by atoms with E-state index >= 15 is 0 Å². The molecule has 0 aliphatic rings. The van der Waals surface area contributed by atoms with Gasteiger partial charge in [-0.1, -0.05) is 60.7 Å². The number of hydrogen-bond donors (Lipinski definition) is 4. The van der Waals surface area contributed by atoms with Gasteiger partial charge in [-0.3, -0.25) is 9.59 Å². The lowest BCUT2D eigenvalue weighted by atomic mass is 10.1. The first-order valence-electron chi connectivity index (χ1n) is 8.22. The van der Waals surface area contributed by atoms with Crippen LogP contribution in [0.4, 0.5) is 0 Å². The summed E-state index contributed by atoms with van der Waals surface area (Å²) >= 11 is 0. The minimum atomic E-state index is -2.05. The van der Waals surface area contributed by atoms with Crippen molar-refractivity contribution in [2.45, 2.75) is 24.9 Å². The molecule has 6 heteroatoms. The van der Waals surface area contributed by atoms with Crippen LogP contribution in [-0.2, 0) is 22.4 Å². The third kappa shape index (κ3) is 7.53. The molecule has 0 aromatic heterocycles. The van der Waals surface area contributed by atoms with Crippen LogP contribution < -0.4 is 11.5 Å². The van der Waals surface area contributed by atoms with Crippen LogP contribution in [0.2, 0.25) is 0 Å². The Morgan fingerprint density at radius 3 is 1.67 bits per heavy atom. The molecule has 24 heavy (non-hydrogen) atoms. The van der Waals surface area contributed by atoms with Gasteiger partial charge in [0.15, 0.2) is 0 Å². The van der Waals surface area contributed by atoms with Gasteiger partial charge in [0.2, 0.25) is 0 Å². The Morgan fingerprint density at radius 2 is 1.25 bits per heavy atom. The van der Waals surface area contributed by atoms with Gasteiger partial charge in [0.1, 0.15) is 12.1 Å². The fraction of sp³-hybridized carbons (Fsp3) is 0.222. The maximum atomic E-state index is 10.6. The molecule has 2 aromatic carbocycles. The molecule has 0 bridgehead atoms.